The third-order valence-corrected chi connectivity index (χ3v) is 3.19. The fourth-order valence-electron chi connectivity index (χ4n) is 1.93. The summed E-state index contributed by atoms with van der Waals surface area (Å²) in [5.74, 6) is -1.53. The standard InChI is InChI=1S/C17H24N4O5/c1-11-5-6-14(26-4)13(9-11)19-15(22)10-12(2)20-21-17(24)16(23)18-7-8-25-3/h5-6,9H,7-8,10H2,1-4H3,(H,18,23)(H,19,22)(H,21,24)/b20-12-. The summed E-state index contributed by atoms with van der Waals surface area (Å²) in [6, 6.07) is 5.41. The zero-order chi connectivity index (χ0) is 19.5. The highest BCUT2D eigenvalue weighted by molar-refractivity contribution is 6.35. The van der Waals surface area contributed by atoms with Gasteiger partial charge in [0.05, 0.1) is 25.8 Å². The monoisotopic (exact) mass is 364 g/mol. The van der Waals surface area contributed by atoms with Crippen molar-refractivity contribution in [1.82, 2.24) is 10.7 Å². The van der Waals surface area contributed by atoms with Crippen molar-refractivity contribution in [2.75, 3.05) is 32.7 Å². The molecule has 3 amide bonds. The Labute approximate surface area is 152 Å². The Morgan fingerprint density at radius 1 is 1.15 bits per heavy atom. The molecular weight excluding hydrogens is 340 g/mol. The van der Waals surface area contributed by atoms with Crippen molar-refractivity contribution in [1.29, 1.82) is 0 Å². The second kappa shape index (κ2) is 10.8. The normalized spacial score (nSPS) is 10.8. The fourth-order valence-corrected chi connectivity index (χ4v) is 1.93. The molecule has 0 aliphatic carbocycles. The Kier molecular flexibility index (Phi) is 8.79. The molecule has 0 atom stereocenters. The molecule has 1 aromatic carbocycles. The first-order valence-corrected chi connectivity index (χ1v) is 7.92. The lowest BCUT2D eigenvalue weighted by Gasteiger charge is -2.11. The third kappa shape index (κ3) is 7.31. The van der Waals surface area contributed by atoms with Crippen molar-refractivity contribution in [2.24, 2.45) is 5.10 Å². The van der Waals surface area contributed by atoms with E-state index in [1.54, 1.807) is 19.1 Å². The van der Waals surface area contributed by atoms with Gasteiger partial charge in [-0.3, -0.25) is 14.4 Å². The molecule has 0 heterocycles. The number of aryl methyl sites for hydroxylation is 1. The predicted octanol–water partition coefficient (Wildman–Crippen LogP) is 0.587. The van der Waals surface area contributed by atoms with Crippen LogP contribution >= 0.6 is 0 Å². The molecule has 0 aliphatic rings. The number of benzene rings is 1. The van der Waals surface area contributed by atoms with Crippen molar-refractivity contribution in [2.45, 2.75) is 20.3 Å². The lowest BCUT2D eigenvalue weighted by atomic mass is 10.2. The number of rotatable bonds is 8. The summed E-state index contributed by atoms with van der Waals surface area (Å²) in [6.07, 6.45) is -0.0529. The van der Waals surface area contributed by atoms with Crippen molar-refractivity contribution >= 4 is 29.1 Å². The molecule has 0 bridgehead atoms. The van der Waals surface area contributed by atoms with Gasteiger partial charge in [-0.15, -0.1) is 0 Å². The van der Waals surface area contributed by atoms with E-state index < -0.39 is 11.8 Å². The van der Waals surface area contributed by atoms with Crippen LogP contribution in [0.5, 0.6) is 5.75 Å². The van der Waals surface area contributed by atoms with Gasteiger partial charge in [0.2, 0.25) is 5.91 Å². The van der Waals surface area contributed by atoms with E-state index in [2.05, 4.69) is 21.2 Å². The molecule has 1 rings (SSSR count). The van der Waals surface area contributed by atoms with Crippen molar-refractivity contribution in [3.8, 4) is 5.75 Å². The molecule has 0 saturated carbocycles. The van der Waals surface area contributed by atoms with Gasteiger partial charge in [-0.1, -0.05) is 6.07 Å². The van der Waals surface area contributed by atoms with Gasteiger partial charge < -0.3 is 20.1 Å². The summed E-state index contributed by atoms with van der Waals surface area (Å²) in [7, 11) is 3.00. The van der Waals surface area contributed by atoms with Crippen LogP contribution in [0, 0.1) is 6.92 Å². The molecule has 26 heavy (non-hydrogen) atoms. The molecule has 0 fully saturated rings. The van der Waals surface area contributed by atoms with Crippen LogP contribution in [0.15, 0.2) is 23.3 Å². The topological polar surface area (TPSA) is 118 Å². The van der Waals surface area contributed by atoms with E-state index in [4.69, 9.17) is 9.47 Å². The highest BCUT2D eigenvalue weighted by Crippen LogP contribution is 2.25. The van der Waals surface area contributed by atoms with Gasteiger partial charge >= 0.3 is 11.8 Å². The maximum Gasteiger partial charge on any atom is 0.329 e. The van der Waals surface area contributed by atoms with E-state index >= 15 is 0 Å². The number of carbonyl (C=O) groups excluding carboxylic acids is 3. The van der Waals surface area contributed by atoms with Gasteiger partial charge in [-0.25, -0.2) is 5.43 Å². The number of hydrogen-bond donors (Lipinski definition) is 3. The molecule has 9 nitrogen and oxygen atoms in total. The van der Waals surface area contributed by atoms with Crippen LogP contribution in [0.3, 0.4) is 0 Å². The fraction of sp³-hybridized carbons (Fsp3) is 0.412. The van der Waals surface area contributed by atoms with E-state index in [0.717, 1.165) is 5.56 Å². The summed E-state index contributed by atoms with van der Waals surface area (Å²) in [6.45, 7) is 3.97. The Hall–Kier alpha value is -2.94. The van der Waals surface area contributed by atoms with Crippen LogP contribution in [0.1, 0.15) is 18.9 Å². The van der Waals surface area contributed by atoms with Crippen molar-refractivity contribution < 1.29 is 23.9 Å². The Morgan fingerprint density at radius 3 is 2.54 bits per heavy atom. The van der Waals surface area contributed by atoms with Gasteiger partial charge in [0.1, 0.15) is 5.75 Å². The molecule has 1 aromatic rings. The average Bonchev–Trinajstić information content (AvgIpc) is 2.59. The quantitative estimate of drug-likeness (QED) is 0.270. The minimum atomic E-state index is -0.916. The molecule has 142 valence electrons. The lowest BCUT2D eigenvalue weighted by molar-refractivity contribution is -0.139. The number of nitrogens with one attached hydrogen (secondary N) is 3. The summed E-state index contributed by atoms with van der Waals surface area (Å²) in [5, 5.41) is 8.84. The average molecular weight is 364 g/mol. The van der Waals surface area contributed by atoms with Crippen LogP contribution in [-0.4, -0.2) is 50.8 Å². The van der Waals surface area contributed by atoms with Gasteiger partial charge in [-0.05, 0) is 31.5 Å². The van der Waals surface area contributed by atoms with Crippen molar-refractivity contribution in [3.05, 3.63) is 23.8 Å². The Balaban J connectivity index is 2.53. The van der Waals surface area contributed by atoms with Crippen LogP contribution in [-0.2, 0) is 19.1 Å². The molecule has 0 spiro atoms. The maximum atomic E-state index is 12.1. The van der Waals surface area contributed by atoms with Gasteiger partial charge in [0, 0.05) is 19.4 Å². The zero-order valence-corrected chi connectivity index (χ0v) is 15.3. The minimum Gasteiger partial charge on any atom is -0.495 e. The van der Waals surface area contributed by atoms with E-state index in [-0.39, 0.29) is 18.9 Å². The van der Waals surface area contributed by atoms with Crippen LogP contribution in [0.2, 0.25) is 0 Å². The summed E-state index contributed by atoms with van der Waals surface area (Å²) in [4.78, 5) is 35.1. The molecular formula is C17H24N4O5. The molecule has 0 aromatic heterocycles. The van der Waals surface area contributed by atoms with Crippen LogP contribution in [0.4, 0.5) is 5.69 Å². The number of ether oxygens (including phenoxy) is 2. The van der Waals surface area contributed by atoms with Crippen molar-refractivity contribution in [3.63, 3.8) is 0 Å². The first kappa shape index (κ1) is 21.1. The van der Waals surface area contributed by atoms with E-state index in [1.807, 2.05) is 13.0 Å². The smallest absolute Gasteiger partial charge is 0.329 e. The van der Waals surface area contributed by atoms with Gasteiger partial charge in [0.15, 0.2) is 0 Å². The second-order valence-electron chi connectivity index (χ2n) is 5.47. The minimum absolute atomic E-state index is 0.0529. The molecule has 0 saturated heterocycles. The Bertz CT molecular complexity index is 688. The molecule has 9 heteroatoms. The lowest BCUT2D eigenvalue weighted by Crippen LogP contribution is -2.39. The number of amides is 3. The summed E-state index contributed by atoms with van der Waals surface area (Å²) < 4.78 is 9.96. The number of hydrogen-bond acceptors (Lipinski definition) is 6. The maximum absolute atomic E-state index is 12.1. The second-order valence-corrected chi connectivity index (χ2v) is 5.47. The van der Waals surface area contributed by atoms with Crippen LogP contribution in [0.25, 0.3) is 0 Å². The van der Waals surface area contributed by atoms with E-state index in [0.29, 0.717) is 23.8 Å². The number of hydrazone groups is 1. The largest absolute Gasteiger partial charge is 0.495 e. The van der Waals surface area contributed by atoms with E-state index in [9.17, 15) is 14.4 Å². The first-order chi connectivity index (χ1) is 12.4. The number of carbonyl (C=O) groups is 3. The molecule has 0 unspecified atom stereocenters. The molecule has 0 radical (unpaired) electrons. The number of anilines is 1. The zero-order valence-electron chi connectivity index (χ0n) is 15.3. The van der Waals surface area contributed by atoms with E-state index in [1.165, 1.54) is 14.2 Å². The highest BCUT2D eigenvalue weighted by atomic mass is 16.5. The first-order valence-electron chi connectivity index (χ1n) is 7.92. The van der Waals surface area contributed by atoms with Gasteiger partial charge in [0.25, 0.3) is 0 Å². The van der Waals surface area contributed by atoms with Gasteiger partial charge in [-0.2, -0.15) is 5.10 Å². The highest BCUT2D eigenvalue weighted by Gasteiger charge is 2.13. The Morgan fingerprint density at radius 2 is 1.88 bits per heavy atom. The predicted molar refractivity (Wildman–Crippen MR) is 97.1 cm³/mol. The molecule has 3 N–H and O–H groups in total. The summed E-state index contributed by atoms with van der Waals surface area (Å²) in [5.41, 5.74) is 3.96. The SMILES string of the molecule is COCCNC(=O)C(=O)N/N=C(/C)CC(=O)Nc1cc(C)ccc1OC. The third-order valence-electron chi connectivity index (χ3n) is 3.19. The number of nitrogens with zero attached hydrogens (tertiary/aromatic N) is 1. The van der Waals surface area contributed by atoms with Crippen LogP contribution < -0.4 is 20.8 Å². The molecule has 0 aliphatic heterocycles. The summed E-state index contributed by atoms with van der Waals surface area (Å²) >= 11 is 0. The number of methoxy groups -OCH3 is 2.